The van der Waals surface area contributed by atoms with Gasteiger partial charge >= 0.3 is 0 Å². The van der Waals surface area contributed by atoms with Crippen LogP contribution in [0.2, 0.25) is 0 Å². The summed E-state index contributed by atoms with van der Waals surface area (Å²) < 4.78 is 0. The summed E-state index contributed by atoms with van der Waals surface area (Å²) >= 11 is 0. The number of carbonyl (C=O) groups is 1. The van der Waals surface area contributed by atoms with Crippen molar-refractivity contribution in [1.82, 2.24) is 0 Å². The fourth-order valence-corrected chi connectivity index (χ4v) is 0.624. The average Bonchev–Trinajstić information content (AvgIpc) is 1.90. The van der Waals surface area contributed by atoms with Gasteiger partial charge in [0, 0.05) is 36.9 Å². The molecule has 0 radical (unpaired) electrons. The van der Waals surface area contributed by atoms with Crippen molar-refractivity contribution in [2.24, 2.45) is 0 Å². The summed E-state index contributed by atoms with van der Waals surface area (Å²) in [6.07, 6.45) is 0. The Kier molecular flexibility index (Phi) is 4.51. The molecule has 0 bridgehead atoms. The predicted octanol–water partition coefficient (Wildman–Crippen LogP) is 1.70. The molecule has 50 valence electrons. The minimum atomic E-state index is -0.129. The number of rotatable bonds is 1. The molecule has 0 saturated heterocycles. The first-order valence-corrected chi connectivity index (χ1v) is 2.72. The van der Waals surface area contributed by atoms with Crippen molar-refractivity contribution in [3.05, 3.63) is 42.8 Å². The van der Waals surface area contributed by atoms with E-state index in [1.165, 1.54) is 0 Å². The first-order chi connectivity index (χ1) is 4.30. The largest absolute Gasteiger partial charge is 0.332 e. The van der Waals surface area contributed by atoms with Gasteiger partial charge in [-0.25, -0.2) is 0 Å². The van der Waals surface area contributed by atoms with E-state index >= 15 is 0 Å². The average molecular weight is 357 g/mol. The van der Waals surface area contributed by atoms with E-state index in [1.807, 2.05) is 18.2 Å². The summed E-state index contributed by atoms with van der Waals surface area (Å²) in [6.45, 7) is 3.27. The third-order valence-electron chi connectivity index (χ3n) is 1.10. The van der Waals surface area contributed by atoms with E-state index in [4.69, 9.17) is 0 Å². The molecule has 0 aromatic heterocycles. The fourth-order valence-electron chi connectivity index (χ4n) is 0.624. The molecule has 0 saturated carbocycles. The van der Waals surface area contributed by atoms with Gasteiger partial charge in [0.15, 0.2) is 0 Å². The number of hydrogen-bond acceptors (Lipinski definition) is 1. The summed E-state index contributed by atoms with van der Waals surface area (Å²) in [5.74, 6) is -0.129. The van der Waals surface area contributed by atoms with Crippen molar-refractivity contribution in [1.29, 1.82) is 0 Å². The van der Waals surface area contributed by atoms with E-state index in [0.717, 1.165) is 0 Å². The molecule has 1 nitrogen and oxygen atoms in total. The van der Waals surface area contributed by atoms with Gasteiger partial charge in [0.25, 0.3) is 0 Å². The molecule has 0 spiro atoms. The maximum Gasteiger partial charge on any atom is 0.0215 e. The molecule has 1 aromatic rings. The predicted molar refractivity (Wildman–Crippen MR) is 36.1 cm³/mol. The second-order valence-electron chi connectivity index (χ2n) is 1.79. The molecular weight excluding hydrogens is 350 g/mol. The van der Waals surface area contributed by atoms with Crippen LogP contribution in [0.1, 0.15) is 10.4 Å². The van der Waals surface area contributed by atoms with E-state index in [2.05, 4.69) is 6.92 Å². The second kappa shape index (κ2) is 4.60. The number of carbonyl (C=O) groups excluding carboxylic acids is 1. The zero-order valence-corrected chi connectivity index (χ0v) is 9.67. The zero-order chi connectivity index (χ0) is 6.69. The van der Waals surface area contributed by atoms with Crippen LogP contribution in [0, 0.1) is 38.0 Å². The molecule has 0 amide bonds. The summed E-state index contributed by atoms with van der Waals surface area (Å²) in [5.41, 5.74) is 0.664. The van der Waals surface area contributed by atoms with Crippen molar-refractivity contribution in [2.75, 3.05) is 0 Å². The van der Waals surface area contributed by atoms with Gasteiger partial charge in [-0.3, -0.25) is 0 Å². The van der Waals surface area contributed by atoms with Crippen LogP contribution >= 0.6 is 0 Å². The van der Waals surface area contributed by atoms with Gasteiger partial charge in [-0.05, 0) is 0 Å². The summed E-state index contributed by atoms with van der Waals surface area (Å²) in [4.78, 5) is 10.5. The Morgan fingerprint density at radius 2 is 1.70 bits per heavy atom. The SMILES string of the molecule is [CH2-]C(=O)c1ccccc1.[U]. The van der Waals surface area contributed by atoms with Gasteiger partial charge in [0.1, 0.15) is 0 Å². The number of benzene rings is 1. The zero-order valence-electron chi connectivity index (χ0n) is 5.50. The molecule has 0 unspecified atom stereocenters. The van der Waals surface area contributed by atoms with Crippen LogP contribution in [0.15, 0.2) is 30.3 Å². The number of ketones is 1. The summed E-state index contributed by atoms with van der Waals surface area (Å²) in [5, 5.41) is 0. The molecule has 1 rings (SSSR count). The Balaban J connectivity index is 0.000000810. The van der Waals surface area contributed by atoms with Crippen LogP contribution in [0.4, 0.5) is 0 Å². The van der Waals surface area contributed by atoms with Crippen molar-refractivity contribution < 1.29 is 35.9 Å². The van der Waals surface area contributed by atoms with E-state index in [0.29, 0.717) is 5.56 Å². The number of Topliss-reactive ketones (excluding diaryl/α,β-unsaturated/α-hetero) is 1. The maximum atomic E-state index is 10.5. The third kappa shape index (κ3) is 2.60. The van der Waals surface area contributed by atoms with Crippen molar-refractivity contribution in [2.45, 2.75) is 0 Å². The van der Waals surface area contributed by atoms with Gasteiger partial charge in [0.2, 0.25) is 0 Å². The Bertz CT molecular complexity index is 206. The smallest absolute Gasteiger partial charge is 0.0215 e. The molecule has 0 aliphatic rings. The third-order valence-corrected chi connectivity index (χ3v) is 1.10. The molecule has 10 heavy (non-hydrogen) atoms. The van der Waals surface area contributed by atoms with Crippen LogP contribution in [0.3, 0.4) is 0 Å². The van der Waals surface area contributed by atoms with Crippen molar-refractivity contribution >= 4 is 5.78 Å². The summed E-state index contributed by atoms with van der Waals surface area (Å²) in [6, 6.07) is 8.99. The van der Waals surface area contributed by atoms with Crippen molar-refractivity contribution in [3.8, 4) is 0 Å². The number of hydrogen-bond donors (Lipinski definition) is 0. The van der Waals surface area contributed by atoms with Crippen molar-refractivity contribution in [3.63, 3.8) is 0 Å². The van der Waals surface area contributed by atoms with E-state index in [-0.39, 0.29) is 36.9 Å². The van der Waals surface area contributed by atoms with Crippen LogP contribution in [-0.2, 0) is 0 Å². The first-order valence-electron chi connectivity index (χ1n) is 2.72. The van der Waals surface area contributed by atoms with E-state index in [9.17, 15) is 4.79 Å². The Morgan fingerprint density at radius 3 is 2.00 bits per heavy atom. The topological polar surface area (TPSA) is 17.1 Å². The fraction of sp³-hybridized carbons (Fsp3) is 0. The molecule has 0 aliphatic heterocycles. The Morgan fingerprint density at radius 1 is 1.20 bits per heavy atom. The molecule has 0 fully saturated rings. The van der Waals surface area contributed by atoms with Gasteiger partial charge in [-0.2, -0.15) is 6.92 Å². The quantitative estimate of drug-likeness (QED) is 0.553. The van der Waals surface area contributed by atoms with Crippen LogP contribution < -0.4 is 0 Å². The van der Waals surface area contributed by atoms with Crippen LogP contribution in [0.5, 0.6) is 0 Å². The molecule has 1 aromatic carbocycles. The van der Waals surface area contributed by atoms with Gasteiger partial charge in [-0.1, -0.05) is 18.2 Å². The van der Waals surface area contributed by atoms with E-state index in [1.54, 1.807) is 12.1 Å². The Labute approximate surface area is 84.2 Å². The molecule has 0 heterocycles. The molecule has 0 atom stereocenters. The van der Waals surface area contributed by atoms with Crippen LogP contribution in [-0.4, -0.2) is 5.78 Å². The maximum absolute atomic E-state index is 10.5. The standard InChI is InChI=1S/C8H7O.U/c1-7(9)8-5-3-2-4-6-8;/h2-6H,1H2;/q-1;. The molecule has 0 N–H and O–H groups in total. The molecular formula is C8H7OU-. The second-order valence-corrected chi connectivity index (χ2v) is 1.79. The minimum Gasteiger partial charge on any atom is -0.332 e. The van der Waals surface area contributed by atoms with E-state index < -0.39 is 0 Å². The van der Waals surface area contributed by atoms with Gasteiger partial charge in [-0.15, -0.1) is 17.7 Å². The minimum absolute atomic E-state index is 0. The normalized spacial score (nSPS) is 8.00. The summed E-state index contributed by atoms with van der Waals surface area (Å²) in [7, 11) is 0. The first kappa shape index (κ1) is 9.81. The van der Waals surface area contributed by atoms with Gasteiger partial charge < -0.3 is 4.79 Å². The molecule has 0 aliphatic carbocycles. The Hall–Kier alpha value is -0.188. The molecule has 2 heteroatoms. The monoisotopic (exact) mass is 357 g/mol. The van der Waals surface area contributed by atoms with Crippen LogP contribution in [0.25, 0.3) is 0 Å². The van der Waals surface area contributed by atoms with Gasteiger partial charge in [0.05, 0.1) is 0 Å².